The van der Waals surface area contributed by atoms with Gasteiger partial charge in [0.25, 0.3) is 0 Å². The van der Waals surface area contributed by atoms with Gasteiger partial charge < -0.3 is 0 Å². The minimum absolute atomic E-state index is 0.0700. The third-order valence-electron chi connectivity index (χ3n) is 2.89. The van der Waals surface area contributed by atoms with Crippen LogP contribution in [0.15, 0.2) is 12.2 Å². The predicted molar refractivity (Wildman–Crippen MR) is 47.2 cm³/mol. The van der Waals surface area contributed by atoms with Crippen LogP contribution >= 0.6 is 11.8 Å². The Morgan fingerprint density at radius 1 is 1.64 bits per heavy atom. The Morgan fingerprint density at radius 3 is 2.73 bits per heavy atom. The summed E-state index contributed by atoms with van der Waals surface area (Å²) in [6.45, 7) is 0. The summed E-state index contributed by atoms with van der Waals surface area (Å²) in [6, 6.07) is 2.47. The maximum absolute atomic E-state index is 9.03. The molecule has 11 heavy (non-hydrogen) atoms. The zero-order valence-electron chi connectivity index (χ0n) is 6.58. The molecular formula is C9H11NS. The Bertz CT molecular complexity index is 240. The van der Waals surface area contributed by atoms with E-state index in [1.807, 2.05) is 0 Å². The maximum Gasteiger partial charge on any atom is 0.109 e. The van der Waals surface area contributed by atoms with Crippen LogP contribution in [0.25, 0.3) is 0 Å². The highest BCUT2D eigenvalue weighted by molar-refractivity contribution is 8.00. The van der Waals surface area contributed by atoms with E-state index in [1.54, 1.807) is 11.8 Å². The van der Waals surface area contributed by atoms with Crippen LogP contribution in [0.3, 0.4) is 0 Å². The SMILES string of the molecule is CS[C@@]1(C#N)C[C@H]2C=C[C@@H]1C2. The average Bonchev–Trinajstić information content (AvgIpc) is 2.62. The molecule has 2 bridgehead atoms. The largest absolute Gasteiger partial charge is 0.197 e. The van der Waals surface area contributed by atoms with Gasteiger partial charge in [-0.1, -0.05) is 12.2 Å². The minimum Gasteiger partial charge on any atom is -0.197 e. The second-order valence-electron chi connectivity index (χ2n) is 3.40. The van der Waals surface area contributed by atoms with E-state index in [0.29, 0.717) is 11.8 Å². The van der Waals surface area contributed by atoms with Crippen molar-refractivity contribution in [3.8, 4) is 6.07 Å². The lowest BCUT2D eigenvalue weighted by Crippen LogP contribution is -2.26. The minimum atomic E-state index is -0.0700. The van der Waals surface area contributed by atoms with E-state index in [2.05, 4.69) is 24.5 Å². The standard InChI is InChI=1S/C9H11NS/c1-11-9(6-10)5-7-2-3-8(9)4-7/h2-3,7-8H,4-5H2,1H3/t7-,8+,9+/m0/s1. The van der Waals surface area contributed by atoms with Crippen LogP contribution in [0, 0.1) is 23.2 Å². The zero-order chi connectivity index (χ0) is 7.90. The van der Waals surface area contributed by atoms with E-state index in [-0.39, 0.29) is 4.75 Å². The summed E-state index contributed by atoms with van der Waals surface area (Å²) < 4.78 is -0.0700. The summed E-state index contributed by atoms with van der Waals surface area (Å²) in [5.41, 5.74) is 0. The topological polar surface area (TPSA) is 23.8 Å². The number of hydrogen-bond donors (Lipinski definition) is 0. The maximum atomic E-state index is 9.03. The number of fused-ring (bicyclic) bond motifs is 2. The van der Waals surface area contributed by atoms with Gasteiger partial charge in [0.15, 0.2) is 0 Å². The van der Waals surface area contributed by atoms with Crippen molar-refractivity contribution in [2.24, 2.45) is 11.8 Å². The predicted octanol–water partition coefficient (Wildman–Crippen LogP) is 2.21. The zero-order valence-corrected chi connectivity index (χ0v) is 7.40. The van der Waals surface area contributed by atoms with Crippen molar-refractivity contribution in [3.63, 3.8) is 0 Å². The third kappa shape index (κ3) is 0.841. The summed E-state index contributed by atoms with van der Waals surface area (Å²) in [5.74, 6) is 1.24. The molecule has 0 amide bonds. The van der Waals surface area contributed by atoms with Gasteiger partial charge >= 0.3 is 0 Å². The molecule has 0 unspecified atom stereocenters. The molecule has 0 aliphatic heterocycles. The number of rotatable bonds is 1. The average molecular weight is 165 g/mol. The van der Waals surface area contributed by atoms with Crippen LogP contribution in [0.4, 0.5) is 0 Å². The summed E-state index contributed by atoms with van der Waals surface area (Å²) in [6.07, 6.45) is 8.85. The first-order chi connectivity index (χ1) is 5.30. The molecule has 1 fully saturated rings. The van der Waals surface area contributed by atoms with Gasteiger partial charge in [-0.05, 0) is 25.0 Å². The molecule has 0 saturated heterocycles. The van der Waals surface area contributed by atoms with Crippen molar-refractivity contribution in [2.45, 2.75) is 17.6 Å². The number of allylic oxidation sites excluding steroid dienone is 2. The number of nitriles is 1. The lowest BCUT2D eigenvalue weighted by atomic mass is 9.94. The van der Waals surface area contributed by atoms with Crippen LogP contribution in [-0.4, -0.2) is 11.0 Å². The van der Waals surface area contributed by atoms with Crippen molar-refractivity contribution in [3.05, 3.63) is 12.2 Å². The Kier molecular flexibility index (Phi) is 1.50. The monoisotopic (exact) mass is 165 g/mol. The van der Waals surface area contributed by atoms with Crippen LogP contribution < -0.4 is 0 Å². The van der Waals surface area contributed by atoms with E-state index in [0.717, 1.165) is 6.42 Å². The molecule has 0 spiro atoms. The lowest BCUT2D eigenvalue weighted by molar-refractivity contribution is 0.615. The first-order valence-electron chi connectivity index (χ1n) is 3.95. The fourth-order valence-corrected chi connectivity index (χ4v) is 3.17. The molecule has 0 aromatic rings. The number of nitrogens with zero attached hydrogens (tertiary/aromatic N) is 1. The molecule has 2 heteroatoms. The van der Waals surface area contributed by atoms with Gasteiger partial charge in [0.05, 0.1) is 6.07 Å². The molecule has 1 saturated carbocycles. The summed E-state index contributed by atoms with van der Waals surface area (Å²) in [5, 5.41) is 9.03. The smallest absolute Gasteiger partial charge is 0.109 e. The first-order valence-corrected chi connectivity index (χ1v) is 5.18. The van der Waals surface area contributed by atoms with E-state index in [1.165, 1.54) is 6.42 Å². The van der Waals surface area contributed by atoms with Crippen molar-refractivity contribution < 1.29 is 0 Å². The normalized spacial score (nSPS) is 46.2. The quantitative estimate of drug-likeness (QED) is 0.556. The molecular weight excluding hydrogens is 154 g/mol. The van der Waals surface area contributed by atoms with Gasteiger partial charge in [-0.25, -0.2) is 0 Å². The van der Waals surface area contributed by atoms with E-state index in [4.69, 9.17) is 5.26 Å². The lowest BCUT2D eigenvalue weighted by Gasteiger charge is -2.25. The molecule has 2 rings (SSSR count). The molecule has 0 aromatic carbocycles. The van der Waals surface area contributed by atoms with Crippen molar-refractivity contribution >= 4 is 11.8 Å². The van der Waals surface area contributed by atoms with Crippen LogP contribution in [0.2, 0.25) is 0 Å². The van der Waals surface area contributed by atoms with E-state index in [9.17, 15) is 0 Å². The Labute approximate surface area is 71.5 Å². The van der Waals surface area contributed by atoms with Crippen molar-refractivity contribution in [1.29, 1.82) is 5.26 Å². The van der Waals surface area contributed by atoms with E-state index < -0.39 is 0 Å². The van der Waals surface area contributed by atoms with Crippen molar-refractivity contribution in [1.82, 2.24) is 0 Å². The second kappa shape index (κ2) is 2.28. The fraction of sp³-hybridized carbons (Fsp3) is 0.667. The van der Waals surface area contributed by atoms with Gasteiger partial charge in [-0.15, -0.1) is 11.8 Å². The Hall–Kier alpha value is -0.420. The summed E-state index contributed by atoms with van der Waals surface area (Å²) in [7, 11) is 0. The van der Waals surface area contributed by atoms with Gasteiger partial charge in [0, 0.05) is 5.92 Å². The highest BCUT2D eigenvalue weighted by Gasteiger charge is 2.48. The molecule has 0 aromatic heterocycles. The molecule has 0 N–H and O–H groups in total. The Balaban J connectivity index is 2.30. The van der Waals surface area contributed by atoms with Gasteiger partial charge in [-0.2, -0.15) is 5.26 Å². The first kappa shape index (κ1) is 7.24. The molecule has 3 atom stereocenters. The highest BCUT2D eigenvalue weighted by atomic mass is 32.2. The summed E-state index contributed by atoms with van der Waals surface area (Å²) >= 11 is 1.73. The van der Waals surface area contributed by atoms with Gasteiger partial charge in [0.1, 0.15) is 4.75 Å². The van der Waals surface area contributed by atoms with Crippen LogP contribution in [0.1, 0.15) is 12.8 Å². The van der Waals surface area contributed by atoms with Gasteiger partial charge in [-0.3, -0.25) is 0 Å². The molecule has 0 radical (unpaired) electrons. The Morgan fingerprint density at radius 2 is 2.45 bits per heavy atom. The van der Waals surface area contributed by atoms with E-state index >= 15 is 0 Å². The molecule has 58 valence electrons. The number of thioether (sulfide) groups is 1. The third-order valence-corrected chi connectivity index (χ3v) is 4.18. The molecule has 1 nitrogen and oxygen atoms in total. The fourth-order valence-electron chi connectivity index (χ4n) is 2.22. The second-order valence-corrected chi connectivity index (χ2v) is 4.53. The van der Waals surface area contributed by atoms with Crippen LogP contribution in [-0.2, 0) is 0 Å². The number of hydrogen-bond acceptors (Lipinski definition) is 2. The van der Waals surface area contributed by atoms with Gasteiger partial charge in [0.2, 0.25) is 0 Å². The van der Waals surface area contributed by atoms with Crippen LogP contribution in [0.5, 0.6) is 0 Å². The molecule has 0 heterocycles. The van der Waals surface area contributed by atoms with Crippen molar-refractivity contribution in [2.75, 3.05) is 6.26 Å². The molecule has 2 aliphatic rings. The summed E-state index contributed by atoms with van der Waals surface area (Å²) in [4.78, 5) is 0. The molecule has 2 aliphatic carbocycles. The highest BCUT2D eigenvalue weighted by Crippen LogP contribution is 2.52.